The van der Waals surface area contributed by atoms with E-state index in [2.05, 4.69) is 38.8 Å². The smallest absolute Gasteiger partial charge is 0.155 e. The number of hydrogen-bond acceptors (Lipinski definition) is 5. The number of morpholine rings is 1. The van der Waals surface area contributed by atoms with E-state index in [0.29, 0.717) is 5.92 Å². The Hall–Kier alpha value is -0.980. The van der Waals surface area contributed by atoms with Gasteiger partial charge < -0.3 is 9.64 Å². The van der Waals surface area contributed by atoms with Gasteiger partial charge in [-0.25, -0.2) is 4.98 Å². The molecule has 6 heteroatoms. The zero-order valence-electron chi connectivity index (χ0n) is 14.1. The molecule has 1 atom stereocenters. The molecule has 0 radical (unpaired) electrons. The Bertz CT molecular complexity index is 481. The zero-order valence-corrected chi connectivity index (χ0v) is 14.1. The Labute approximate surface area is 133 Å². The molecule has 6 nitrogen and oxygen atoms in total. The van der Waals surface area contributed by atoms with Gasteiger partial charge in [-0.15, -0.1) is 0 Å². The summed E-state index contributed by atoms with van der Waals surface area (Å²) in [7, 11) is 0. The van der Waals surface area contributed by atoms with Crippen molar-refractivity contribution in [2.75, 3.05) is 45.9 Å². The number of nitrogens with zero attached hydrogens (tertiary/aromatic N) is 4. The fraction of sp³-hybridized carbons (Fsp3) is 0.875. The van der Waals surface area contributed by atoms with Gasteiger partial charge in [-0.1, -0.05) is 0 Å². The average Bonchev–Trinajstić information content (AvgIpc) is 2.95. The summed E-state index contributed by atoms with van der Waals surface area (Å²) in [5.74, 6) is 2.38. The van der Waals surface area contributed by atoms with Gasteiger partial charge in [0, 0.05) is 37.6 Å². The Morgan fingerprint density at radius 3 is 2.73 bits per heavy atom. The third-order valence-electron chi connectivity index (χ3n) is 4.96. The quantitative estimate of drug-likeness (QED) is 0.911. The number of nitrogens with one attached hydrogen (secondary N) is 1. The summed E-state index contributed by atoms with van der Waals surface area (Å²) < 4.78 is 5.49. The summed E-state index contributed by atoms with van der Waals surface area (Å²) in [6.45, 7) is 13.9. The van der Waals surface area contributed by atoms with Crippen molar-refractivity contribution < 1.29 is 4.74 Å². The van der Waals surface area contributed by atoms with Crippen LogP contribution in [-0.2, 0) is 4.74 Å². The summed E-state index contributed by atoms with van der Waals surface area (Å²) in [4.78, 5) is 9.69. The van der Waals surface area contributed by atoms with E-state index in [0.717, 1.165) is 51.0 Å². The highest BCUT2D eigenvalue weighted by molar-refractivity contribution is 5.00. The minimum Gasteiger partial charge on any atom is -0.379 e. The molecular formula is C16H29N5O. The molecule has 0 spiro atoms. The lowest BCUT2D eigenvalue weighted by atomic mass is 9.94. The van der Waals surface area contributed by atoms with E-state index in [1.807, 2.05) is 6.92 Å². The molecular weight excluding hydrogens is 278 g/mol. The first-order chi connectivity index (χ1) is 10.5. The predicted molar refractivity (Wildman–Crippen MR) is 86.0 cm³/mol. The van der Waals surface area contributed by atoms with Crippen molar-refractivity contribution in [3.63, 3.8) is 0 Å². The monoisotopic (exact) mass is 307 g/mol. The first kappa shape index (κ1) is 15.9. The van der Waals surface area contributed by atoms with Gasteiger partial charge in [0.05, 0.1) is 13.2 Å². The maximum Gasteiger partial charge on any atom is 0.155 e. The molecule has 0 aromatic carbocycles. The van der Waals surface area contributed by atoms with Gasteiger partial charge in [0.15, 0.2) is 5.82 Å². The lowest BCUT2D eigenvalue weighted by Crippen LogP contribution is -2.56. The molecule has 0 bridgehead atoms. The number of aryl methyl sites for hydroxylation is 1. The van der Waals surface area contributed by atoms with Crippen LogP contribution in [0.3, 0.4) is 0 Å². The summed E-state index contributed by atoms with van der Waals surface area (Å²) in [5.41, 5.74) is 0.195. The first-order valence-electron chi connectivity index (χ1n) is 8.49. The largest absolute Gasteiger partial charge is 0.379 e. The van der Waals surface area contributed by atoms with Crippen LogP contribution in [0.5, 0.6) is 0 Å². The molecule has 0 aliphatic carbocycles. The van der Waals surface area contributed by atoms with Crippen molar-refractivity contribution in [3.05, 3.63) is 11.6 Å². The van der Waals surface area contributed by atoms with Crippen LogP contribution in [0.15, 0.2) is 0 Å². The van der Waals surface area contributed by atoms with Crippen LogP contribution in [0, 0.1) is 6.92 Å². The van der Waals surface area contributed by atoms with E-state index in [1.165, 1.54) is 19.4 Å². The summed E-state index contributed by atoms with van der Waals surface area (Å²) in [5, 5.41) is 7.35. The summed E-state index contributed by atoms with van der Waals surface area (Å²) in [6.07, 6.45) is 2.43. The van der Waals surface area contributed by atoms with Crippen molar-refractivity contribution in [2.24, 2.45) is 0 Å². The van der Waals surface area contributed by atoms with Crippen molar-refractivity contribution in [3.8, 4) is 0 Å². The van der Waals surface area contributed by atoms with Gasteiger partial charge in [0.1, 0.15) is 5.82 Å². The van der Waals surface area contributed by atoms with Gasteiger partial charge in [-0.2, -0.15) is 5.10 Å². The Balaban J connectivity index is 1.59. The van der Waals surface area contributed by atoms with E-state index in [1.54, 1.807) is 0 Å². The Morgan fingerprint density at radius 1 is 1.27 bits per heavy atom. The molecule has 3 heterocycles. The molecule has 0 amide bonds. The van der Waals surface area contributed by atoms with Crippen LogP contribution in [0.2, 0.25) is 0 Å². The summed E-state index contributed by atoms with van der Waals surface area (Å²) in [6, 6.07) is 0. The average molecular weight is 307 g/mol. The van der Waals surface area contributed by atoms with E-state index < -0.39 is 0 Å². The molecule has 2 saturated heterocycles. The summed E-state index contributed by atoms with van der Waals surface area (Å²) >= 11 is 0. The molecule has 1 aromatic heterocycles. The maximum absolute atomic E-state index is 5.49. The lowest BCUT2D eigenvalue weighted by Gasteiger charge is -2.45. The fourth-order valence-corrected chi connectivity index (χ4v) is 3.77. The number of hydrogen-bond donors (Lipinski definition) is 1. The second kappa shape index (κ2) is 6.64. The molecule has 124 valence electrons. The van der Waals surface area contributed by atoms with E-state index in [4.69, 9.17) is 4.74 Å². The number of piperidine rings is 1. The minimum atomic E-state index is 0.195. The molecule has 1 N–H and O–H groups in total. The molecule has 2 fully saturated rings. The topological polar surface area (TPSA) is 57.3 Å². The van der Waals surface area contributed by atoms with E-state index >= 15 is 0 Å². The van der Waals surface area contributed by atoms with Crippen molar-refractivity contribution in [1.29, 1.82) is 0 Å². The number of aromatic nitrogens is 3. The van der Waals surface area contributed by atoms with Crippen molar-refractivity contribution in [1.82, 2.24) is 25.0 Å². The maximum atomic E-state index is 5.49. The minimum absolute atomic E-state index is 0.195. The van der Waals surface area contributed by atoms with Crippen LogP contribution in [0.25, 0.3) is 0 Å². The van der Waals surface area contributed by atoms with Gasteiger partial charge >= 0.3 is 0 Å². The zero-order chi connectivity index (χ0) is 15.6. The highest BCUT2D eigenvalue weighted by Gasteiger charge is 2.33. The highest BCUT2D eigenvalue weighted by atomic mass is 16.5. The second-order valence-corrected chi connectivity index (χ2v) is 7.27. The molecule has 1 unspecified atom stereocenters. The predicted octanol–water partition coefficient (Wildman–Crippen LogP) is 1.40. The van der Waals surface area contributed by atoms with Crippen LogP contribution in [-0.4, -0.2) is 76.5 Å². The SMILES string of the molecule is Cc1nc(C2CCCN(CC(C)(C)N3CCOCC3)C2)n[nH]1. The molecule has 22 heavy (non-hydrogen) atoms. The number of likely N-dealkylation sites (tertiary alicyclic amines) is 1. The third-order valence-corrected chi connectivity index (χ3v) is 4.96. The second-order valence-electron chi connectivity index (χ2n) is 7.27. The highest BCUT2D eigenvalue weighted by Crippen LogP contribution is 2.27. The van der Waals surface area contributed by atoms with Crippen LogP contribution in [0.4, 0.5) is 0 Å². The molecule has 3 rings (SSSR count). The lowest BCUT2D eigenvalue weighted by molar-refractivity contribution is -0.0242. The molecule has 0 saturated carbocycles. The normalized spacial score (nSPS) is 25.5. The first-order valence-corrected chi connectivity index (χ1v) is 8.49. The standard InChI is InChI=1S/C16H29N5O/c1-13-17-15(19-18-13)14-5-4-6-20(11-14)12-16(2,3)21-7-9-22-10-8-21/h14H,4-12H2,1-3H3,(H,17,18,19). The number of rotatable bonds is 4. The molecule has 1 aromatic rings. The van der Waals surface area contributed by atoms with E-state index in [9.17, 15) is 0 Å². The van der Waals surface area contributed by atoms with Crippen LogP contribution >= 0.6 is 0 Å². The van der Waals surface area contributed by atoms with Crippen LogP contribution < -0.4 is 0 Å². The number of aromatic amines is 1. The van der Waals surface area contributed by atoms with Crippen LogP contribution in [0.1, 0.15) is 44.3 Å². The fourth-order valence-electron chi connectivity index (χ4n) is 3.77. The third kappa shape index (κ3) is 3.67. The van der Waals surface area contributed by atoms with E-state index in [-0.39, 0.29) is 5.54 Å². The van der Waals surface area contributed by atoms with Crippen molar-refractivity contribution >= 4 is 0 Å². The van der Waals surface area contributed by atoms with Gasteiger partial charge in [-0.05, 0) is 40.2 Å². The van der Waals surface area contributed by atoms with Gasteiger partial charge in [0.2, 0.25) is 0 Å². The number of ether oxygens (including phenoxy) is 1. The van der Waals surface area contributed by atoms with Crippen molar-refractivity contribution in [2.45, 2.75) is 45.1 Å². The molecule has 2 aliphatic rings. The van der Waals surface area contributed by atoms with Gasteiger partial charge in [-0.3, -0.25) is 10.00 Å². The molecule has 2 aliphatic heterocycles. The Morgan fingerprint density at radius 2 is 2.05 bits per heavy atom. The number of H-pyrrole nitrogens is 1. The van der Waals surface area contributed by atoms with Gasteiger partial charge in [0.25, 0.3) is 0 Å². The Kier molecular flexibility index (Phi) is 4.80.